The molecule has 78 valence electrons. The molecule has 1 saturated heterocycles. The molecule has 0 radical (unpaired) electrons. The second kappa shape index (κ2) is 5.22. The van der Waals surface area contributed by atoms with Crippen molar-refractivity contribution in [2.75, 3.05) is 6.54 Å². The van der Waals surface area contributed by atoms with Crippen LogP contribution in [0, 0.1) is 0 Å². The van der Waals surface area contributed by atoms with E-state index in [9.17, 15) is 4.79 Å². The monoisotopic (exact) mass is 342 g/mol. The van der Waals surface area contributed by atoms with Gasteiger partial charge in [-0.3, -0.25) is 4.79 Å². The summed E-state index contributed by atoms with van der Waals surface area (Å²) in [6, 6.07) is -0.0742. The SMILES string of the molecule is NC(=O)C1CCC[N+]1=c1sccs1.[I-]. The fraction of sp³-hybridized carbons (Fsp3) is 0.500. The van der Waals surface area contributed by atoms with Crippen molar-refractivity contribution in [1.29, 1.82) is 0 Å². The standard InChI is InChI=1S/C8H10N2OS2.HI/c9-7(11)6-2-1-3-10(6)8-12-4-5-13-8;/h4-6H,1-3H2,(H-,9,11);1H. The van der Waals surface area contributed by atoms with Crippen LogP contribution in [0.4, 0.5) is 0 Å². The van der Waals surface area contributed by atoms with Crippen LogP contribution < -0.4 is 38.3 Å². The normalized spacial score (nSPS) is 20.6. The second-order valence-electron chi connectivity index (χ2n) is 3.03. The van der Waals surface area contributed by atoms with E-state index in [2.05, 4.69) is 4.58 Å². The maximum atomic E-state index is 11.1. The van der Waals surface area contributed by atoms with Crippen LogP contribution in [0.2, 0.25) is 0 Å². The Kier molecular flexibility index (Phi) is 4.52. The maximum absolute atomic E-state index is 11.1. The Labute approximate surface area is 107 Å². The van der Waals surface area contributed by atoms with E-state index in [1.807, 2.05) is 10.8 Å². The summed E-state index contributed by atoms with van der Waals surface area (Å²) >= 11 is 3.36. The van der Waals surface area contributed by atoms with Crippen molar-refractivity contribution in [3.8, 4) is 0 Å². The number of rotatable bonds is 1. The zero-order valence-corrected chi connectivity index (χ0v) is 11.3. The summed E-state index contributed by atoms with van der Waals surface area (Å²) in [6.45, 7) is 0.963. The lowest BCUT2D eigenvalue weighted by molar-refractivity contribution is -0.120. The first kappa shape index (κ1) is 12.1. The molecule has 0 aromatic carbocycles. The molecule has 0 bridgehead atoms. The minimum absolute atomic E-state index is 0. The highest BCUT2D eigenvalue weighted by Gasteiger charge is 2.33. The van der Waals surface area contributed by atoms with Crippen molar-refractivity contribution in [2.45, 2.75) is 18.9 Å². The molecule has 14 heavy (non-hydrogen) atoms. The van der Waals surface area contributed by atoms with E-state index in [4.69, 9.17) is 5.73 Å². The van der Waals surface area contributed by atoms with Crippen molar-refractivity contribution in [3.63, 3.8) is 0 Å². The molecular formula is C8H11IN2OS2. The van der Waals surface area contributed by atoms with Gasteiger partial charge in [-0.2, -0.15) is 4.58 Å². The molecule has 2 rings (SSSR count). The van der Waals surface area contributed by atoms with E-state index in [0.717, 1.165) is 19.4 Å². The number of hydrogen-bond acceptors (Lipinski definition) is 3. The Hall–Kier alpha value is 0.0500. The first-order valence-corrected chi connectivity index (χ1v) is 5.96. The Bertz CT molecular complexity index is 368. The first-order chi connectivity index (χ1) is 6.29. The molecule has 2 heterocycles. The van der Waals surface area contributed by atoms with Gasteiger partial charge in [-0.1, -0.05) is 22.7 Å². The van der Waals surface area contributed by atoms with Crippen LogP contribution in [0.3, 0.4) is 0 Å². The third kappa shape index (κ3) is 2.34. The molecule has 3 nitrogen and oxygen atoms in total. The summed E-state index contributed by atoms with van der Waals surface area (Å²) in [6.07, 6.45) is 1.97. The van der Waals surface area contributed by atoms with Crippen LogP contribution in [-0.2, 0) is 4.79 Å². The van der Waals surface area contributed by atoms with Crippen LogP contribution in [0.5, 0.6) is 0 Å². The molecule has 1 amide bonds. The molecule has 1 fully saturated rings. The van der Waals surface area contributed by atoms with Gasteiger partial charge in [-0.05, 0) is 0 Å². The molecule has 1 aliphatic rings. The zero-order chi connectivity index (χ0) is 9.26. The summed E-state index contributed by atoms with van der Waals surface area (Å²) in [4.78, 5) is 11.1. The molecule has 1 aromatic rings. The van der Waals surface area contributed by atoms with Gasteiger partial charge in [0.1, 0.15) is 6.54 Å². The fourth-order valence-electron chi connectivity index (χ4n) is 1.62. The summed E-state index contributed by atoms with van der Waals surface area (Å²) < 4.78 is 3.32. The number of primary amides is 1. The van der Waals surface area contributed by atoms with Gasteiger partial charge in [0.2, 0.25) is 6.04 Å². The van der Waals surface area contributed by atoms with Crippen molar-refractivity contribution < 1.29 is 28.8 Å². The van der Waals surface area contributed by atoms with E-state index in [1.54, 1.807) is 22.7 Å². The Morgan fingerprint density at radius 3 is 2.71 bits per heavy atom. The second-order valence-corrected chi connectivity index (χ2v) is 5.08. The molecule has 1 aliphatic heterocycles. The van der Waals surface area contributed by atoms with E-state index in [1.165, 1.54) is 3.98 Å². The predicted molar refractivity (Wildman–Crippen MR) is 54.5 cm³/mol. The molecular weight excluding hydrogens is 331 g/mol. The summed E-state index contributed by atoms with van der Waals surface area (Å²) in [5.41, 5.74) is 5.32. The number of halogens is 1. The number of carbonyl (C=O) groups excluding carboxylic acids is 1. The van der Waals surface area contributed by atoms with Crippen molar-refractivity contribution >= 4 is 28.6 Å². The number of nitrogens with two attached hydrogens (primary N) is 1. The van der Waals surface area contributed by atoms with Crippen LogP contribution in [0.25, 0.3) is 0 Å². The van der Waals surface area contributed by atoms with Gasteiger partial charge in [0.25, 0.3) is 5.91 Å². The predicted octanol–water partition coefficient (Wildman–Crippen LogP) is -2.77. The minimum Gasteiger partial charge on any atom is -1.00 e. The Morgan fingerprint density at radius 2 is 2.14 bits per heavy atom. The van der Waals surface area contributed by atoms with Crippen molar-refractivity contribution in [1.82, 2.24) is 4.58 Å². The van der Waals surface area contributed by atoms with Crippen LogP contribution in [-0.4, -0.2) is 18.5 Å². The number of amides is 1. The number of hydrogen-bond donors (Lipinski definition) is 1. The van der Waals surface area contributed by atoms with Gasteiger partial charge in [-0.15, -0.1) is 0 Å². The Morgan fingerprint density at radius 1 is 1.50 bits per heavy atom. The molecule has 1 unspecified atom stereocenters. The quantitative estimate of drug-likeness (QED) is 0.436. The lowest BCUT2D eigenvalue weighted by atomic mass is 10.2. The average molecular weight is 342 g/mol. The number of carbonyl (C=O) groups is 1. The highest BCUT2D eigenvalue weighted by Crippen LogP contribution is 2.09. The molecule has 0 aliphatic carbocycles. The maximum Gasteiger partial charge on any atom is 0.314 e. The number of nitrogens with zero attached hydrogens (tertiary/aromatic N) is 1. The molecule has 0 spiro atoms. The highest BCUT2D eigenvalue weighted by atomic mass is 127. The minimum atomic E-state index is -0.196. The molecule has 2 N–H and O–H groups in total. The summed E-state index contributed by atoms with van der Waals surface area (Å²) in [5.74, 6) is -0.196. The zero-order valence-electron chi connectivity index (χ0n) is 7.48. The van der Waals surface area contributed by atoms with E-state index in [-0.39, 0.29) is 35.9 Å². The topological polar surface area (TPSA) is 46.1 Å². The first-order valence-electron chi connectivity index (χ1n) is 4.20. The van der Waals surface area contributed by atoms with Gasteiger partial charge in [0, 0.05) is 23.6 Å². The highest BCUT2D eigenvalue weighted by molar-refractivity contribution is 7.24. The van der Waals surface area contributed by atoms with Crippen LogP contribution in [0.15, 0.2) is 10.8 Å². The van der Waals surface area contributed by atoms with Gasteiger partial charge in [0.05, 0.1) is 0 Å². The van der Waals surface area contributed by atoms with Gasteiger partial charge >= 0.3 is 3.98 Å². The smallest absolute Gasteiger partial charge is 0.314 e. The molecule has 6 heteroatoms. The third-order valence-electron chi connectivity index (χ3n) is 2.21. The van der Waals surface area contributed by atoms with E-state index in [0.29, 0.717) is 0 Å². The summed E-state index contributed by atoms with van der Waals surface area (Å²) in [7, 11) is 0. The van der Waals surface area contributed by atoms with Crippen molar-refractivity contribution in [2.24, 2.45) is 5.73 Å². The lowest BCUT2D eigenvalue weighted by Gasteiger charge is -1.99. The van der Waals surface area contributed by atoms with Crippen molar-refractivity contribution in [3.05, 3.63) is 14.7 Å². The van der Waals surface area contributed by atoms with E-state index < -0.39 is 0 Å². The molecule has 1 aromatic heterocycles. The van der Waals surface area contributed by atoms with Gasteiger partial charge < -0.3 is 29.7 Å². The largest absolute Gasteiger partial charge is 1.00 e. The molecule has 0 saturated carbocycles. The van der Waals surface area contributed by atoms with Crippen LogP contribution >= 0.6 is 22.7 Å². The van der Waals surface area contributed by atoms with Crippen LogP contribution in [0.1, 0.15) is 12.8 Å². The average Bonchev–Trinajstić information content (AvgIpc) is 2.74. The fourth-order valence-corrected chi connectivity index (χ4v) is 3.56. The third-order valence-corrected chi connectivity index (χ3v) is 4.38. The van der Waals surface area contributed by atoms with Gasteiger partial charge in [0.15, 0.2) is 0 Å². The molecule has 1 atom stereocenters. The van der Waals surface area contributed by atoms with Gasteiger partial charge in [-0.25, -0.2) is 0 Å². The lowest BCUT2D eigenvalue weighted by Crippen LogP contribution is -3.00. The Balaban J connectivity index is 0.000000980. The van der Waals surface area contributed by atoms with E-state index >= 15 is 0 Å². The summed E-state index contributed by atoms with van der Waals surface area (Å²) in [5, 5.41) is 4.08.